The summed E-state index contributed by atoms with van der Waals surface area (Å²) in [6.07, 6.45) is 4.91. The third kappa shape index (κ3) is 4.92. The number of hydrogen-bond donors (Lipinski definition) is 1. The number of aryl methyl sites for hydroxylation is 1. The van der Waals surface area contributed by atoms with E-state index in [-0.39, 0.29) is 0 Å². The summed E-state index contributed by atoms with van der Waals surface area (Å²) in [6, 6.07) is 8.45. The number of rotatable bonds is 8. The summed E-state index contributed by atoms with van der Waals surface area (Å²) in [6.45, 7) is 4.91. The highest BCUT2D eigenvalue weighted by Gasteiger charge is 2.10. The summed E-state index contributed by atoms with van der Waals surface area (Å²) in [4.78, 5) is 2.53. The molecule has 0 bridgehead atoms. The van der Waals surface area contributed by atoms with Crippen molar-refractivity contribution < 1.29 is 4.74 Å². The highest BCUT2D eigenvalue weighted by Crippen LogP contribution is 2.17. The molecule has 1 aromatic heterocycles. The van der Waals surface area contributed by atoms with E-state index in [2.05, 4.69) is 43.9 Å². The Morgan fingerprint density at radius 2 is 2.08 bits per heavy atom. The first-order valence-electron chi connectivity index (χ1n) is 8.71. The first-order valence-corrected chi connectivity index (χ1v) is 8.71. The van der Waals surface area contributed by atoms with Crippen LogP contribution in [0, 0.1) is 0 Å². The quantitative estimate of drug-likeness (QED) is 0.748. The maximum Gasteiger partial charge on any atom is 0.242 e. The van der Waals surface area contributed by atoms with Crippen molar-refractivity contribution in [2.75, 3.05) is 31.6 Å². The molecule has 1 aromatic carbocycles. The van der Waals surface area contributed by atoms with Gasteiger partial charge < -0.3 is 10.1 Å². The van der Waals surface area contributed by atoms with Crippen molar-refractivity contribution in [2.24, 2.45) is 7.05 Å². The van der Waals surface area contributed by atoms with Gasteiger partial charge in [-0.3, -0.25) is 4.90 Å². The van der Waals surface area contributed by atoms with Gasteiger partial charge in [0.15, 0.2) is 0 Å². The van der Waals surface area contributed by atoms with E-state index in [1.165, 1.54) is 37.9 Å². The number of nitrogens with zero attached hydrogens (tertiary/aromatic N) is 5. The molecule has 0 spiro atoms. The fraction of sp³-hybridized carbons (Fsp3) is 0.588. The van der Waals surface area contributed by atoms with Gasteiger partial charge in [0.1, 0.15) is 5.75 Å². The molecule has 0 atom stereocenters. The van der Waals surface area contributed by atoms with Gasteiger partial charge >= 0.3 is 0 Å². The third-order valence-corrected chi connectivity index (χ3v) is 4.25. The number of hydrogen-bond acceptors (Lipinski definition) is 6. The van der Waals surface area contributed by atoms with Crippen molar-refractivity contribution >= 4 is 5.95 Å². The monoisotopic (exact) mass is 330 g/mol. The lowest BCUT2D eigenvalue weighted by Crippen LogP contribution is -2.29. The Hall–Kier alpha value is -2.15. The second-order valence-electron chi connectivity index (χ2n) is 6.24. The zero-order chi connectivity index (χ0) is 16.6. The van der Waals surface area contributed by atoms with Gasteiger partial charge in [-0.05, 0) is 60.5 Å². The molecule has 0 amide bonds. The molecule has 0 radical (unpaired) electrons. The van der Waals surface area contributed by atoms with Gasteiger partial charge in [0.25, 0.3) is 0 Å². The van der Waals surface area contributed by atoms with Crippen LogP contribution in [0.25, 0.3) is 0 Å². The van der Waals surface area contributed by atoms with Crippen LogP contribution >= 0.6 is 0 Å². The second kappa shape index (κ2) is 8.63. The third-order valence-electron chi connectivity index (χ3n) is 4.25. The van der Waals surface area contributed by atoms with Crippen LogP contribution in [0.5, 0.6) is 5.75 Å². The van der Waals surface area contributed by atoms with Crippen LogP contribution in [0.4, 0.5) is 5.95 Å². The fourth-order valence-electron chi connectivity index (χ4n) is 2.95. The van der Waals surface area contributed by atoms with Crippen LogP contribution in [0.3, 0.4) is 0 Å². The van der Waals surface area contributed by atoms with Crippen molar-refractivity contribution in [2.45, 2.75) is 32.2 Å². The van der Waals surface area contributed by atoms with E-state index >= 15 is 0 Å². The van der Waals surface area contributed by atoms with Crippen molar-refractivity contribution in [3.63, 3.8) is 0 Å². The minimum absolute atomic E-state index is 0.672. The Morgan fingerprint density at radius 1 is 1.21 bits per heavy atom. The second-order valence-corrected chi connectivity index (χ2v) is 6.24. The molecule has 1 saturated heterocycles. The highest BCUT2D eigenvalue weighted by molar-refractivity contribution is 5.28. The lowest BCUT2D eigenvalue weighted by atomic mass is 10.1. The lowest BCUT2D eigenvalue weighted by molar-refractivity contribution is 0.220. The number of tetrazole rings is 1. The van der Waals surface area contributed by atoms with Crippen molar-refractivity contribution in [3.05, 3.63) is 29.8 Å². The molecule has 3 rings (SSSR count). The molecule has 0 aliphatic carbocycles. The summed E-state index contributed by atoms with van der Waals surface area (Å²) >= 11 is 0. The van der Waals surface area contributed by atoms with Crippen LogP contribution < -0.4 is 10.1 Å². The Morgan fingerprint density at radius 3 is 2.88 bits per heavy atom. The summed E-state index contributed by atoms with van der Waals surface area (Å²) in [5.74, 6) is 1.63. The Bertz CT molecular complexity index is 623. The molecule has 1 aliphatic rings. The van der Waals surface area contributed by atoms with E-state index < -0.39 is 0 Å². The summed E-state index contributed by atoms with van der Waals surface area (Å²) in [5, 5.41) is 14.4. The molecule has 0 unspecified atom stereocenters. The number of likely N-dealkylation sites (tertiary alicyclic amines) is 1. The highest BCUT2D eigenvalue weighted by atomic mass is 16.5. The standard InChI is InChI=1S/C17H26N6O/c1-22-17(19-20-21-22)18-9-6-12-24-16-8-5-7-15(13-16)14-23-10-3-2-4-11-23/h5,7-8,13H,2-4,6,9-12,14H2,1H3,(H,18,19,21). The molecular weight excluding hydrogens is 304 g/mol. The van der Waals surface area contributed by atoms with E-state index in [0.717, 1.165) is 25.3 Å². The molecule has 0 saturated carbocycles. The molecular formula is C17H26N6O. The van der Waals surface area contributed by atoms with E-state index in [4.69, 9.17) is 4.74 Å². The number of ether oxygens (including phenoxy) is 1. The SMILES string of the molecule is Cn1nnnc1NCCCOc1cccc(CN2CCCCC2)c1. The van der Waals surface area contributed by atoms with Crippen LogP contribution in [0.15, 0.2) is 24.3 Å². The zero-order valence-electron chi connectivity index (χ0n) is 14.3. The maximum absolute atomic E-state index is 5.87. The Kier molecular flexibility index (Phi) is 6.01. The van der Waals surface area contributed by atoms with Crippen LogP contribution in [0.2, 0.25) is 0 Å². The summed E-state index contributed by atoms with van der Waals surface area (Å²) in [5.41, 5.74) is 1.33. The van der Waals surface area contributed by atoms with Crippen LogP contribution in [0.1, 0.15) is 31.2 Å². The maximum atomic E-state index is 5.87. The predicted molar refractivity (Wildman–Crippen MR) is 93.0 cm³/mol. The van der Waals surface area contributed by atoms with Gasteiger partial charge in [-0.2, -0.15) is 0 Å². The van der Waals surface area contributed by atoms with E-state index in [9.17, 15) is 0 Å². The minimum Gasteiger partial charge on any atom is -0.494 e. The average molecular weight is 330 g/mol. The number of benzene rings is 1. The van der Waals surface area contributed by atoms with Crippen LogP contribution in [-0.4, -0.2) is 51.3 Å². The number of anilines is 1. The normalized spacial score (nSPS) is 15.4. The van der Waals surface area contributed by atoms with Gasteiger partial charge in [0, 0.05) is 20.1 Å². The molecule has 1 aliphatic heterocycles. The molecule has 7 nitrogen and oxygen atoms in total. The van der Waals surface area contributed by atoms with Crippen molar-refractivity contribution in [1.29, 1.82) is 0 Å². The number of nitrogens with one attached hydrogen (secondary N) is 1. The Labute approximate surface area is 143 Å². The first kappa shape index (κ1) is 16.7. The van der Waals surface area contributed by atoms with E-state index in [0.29, 0.717) is 12.6 Å². The molecule has 1 N–H and O–H groups in total. The summed E-state index contributed by atoms with van der Waals surface area (Å²) < 4.78 is 7.48. The number of aromatic nitrogens is 4. The molecule has 130 valence electrons. The van der Waals surface area contributed by atoms with Crippen molar-refractivity contribution in [1.82, 2.24) is 25.1 Å². The van der Waals surface area contributed by atoms with Gasteiger partial charge in [-0.25, -0.2) is 4.68 Å². The number of piperidine rings is 1. The molecule has 2 heterocycles. The average Bonchev–Trinajstić information content (AvgIpc) is 3.01. The molecule has 1 fully saturated rings. The molecule has 7 heteroatoms. The van der Waals surface area contributed by atoms with Crippen molar-refractivity contribution in [3.8, 4) is 5.75 Å². The van der Waals surface area contributed by atoms with Crippen LogP contribution in [-0.2, 0) is 13.6 Å². The van der Waals surface area contributed by atoms with Gasteiger partial charge in [0.05, 0.1) is 6.61 Å². The fourth-order valence-corrected chi connectivity index (χ4v) is 2.95. The molecule has 2 aromatic rings. The van der Waals surface area contributed by atoms with E-state index in [1.54, 1.807) is 4.68 Å². The smallest absolute Gasteiger partial charge is 0.242 e. The molecule has 24 heavy (non-hydrogen) atoms. The minimum atomic E-state index is 0.672. The van der Waals surface area contributed by atoms with Gasteiger partial charge in [-0.1, -0.05) is 23.7 Å². The Balaban J connectivity index is 1.39. The predicted octanol–water partition coefficient (Wildman–Crippen LogP) is 2.08. The summed E-state index contributed by atoms with van der Waals surface area (Å²) in [7, 11) is 1.81. The topological polar surface area (TPSA) is 68.1 Å². The largest absolute Gasteiger partial charge is 0.494 e. The zero-order valence-corrected chi connectivity index (χ0v) is 14.3. The lowest BCUT2D eigenvalue weighted by Gasteiger charge is -2.26. The van der Waals surface area contributed by atoms with Gasteiger partial charge in [-0.15, -0.1) is 0 Å². The van der Waals surface area contributed by atoms with Gasteiger partial charge in [0.2, 0.25) is 5.95 Å². The van der Waals surface area contributed by atoms with E-state index in [1.807, 2.05) is 13.1 Å². The first-order chi connectivity index (χ1) is 11.8.